The molecule has 0 aromatic heterocycles. The molecule has 6 heteroatoms. The summed E-state index contributed by atoms with van der Waals surface area (Å²) in [4.78, 5) is 40.3. The Hall–Kier alpha value is -2.34. The number of amides is 3. The third-order valence-corrected chi connectivity index (χ3v) is 2.59. The summed E-state index contributed by atoms with van der Waals surface area (Å²) in [5, 5.41) is 0. The molecule has 3 amide bonds. The number of rotatable bonds is 3. The Morgan fingerprint density at radius 1 is 1.11 bits per heavy atom. The van der Waals surface area contributed by atoms with E-state index in [1.54, 1.807) is 0 Å². The van der Waals surface area contributed by atoms with E-state index in [4.69, 9.17) is 0 Å². The van der Waals surface area contributed by atoms with Crippen LogP contribution in [0.1, 0.15) is 0 Å². The predicted octanol–water partition coefficient (Wildman–Crippen LogP) is 0.200. The Morgan fingerprint density at radius 3 is 2.11 bits per heavy atom. The van der Waals surface area contributed by atoms with E-state index >= 15 is 0 Å². The third kappa shape index (κ3) is 2.18. The monoisotopic (exact) mass is 248 g/mol. The van der Waals surface area contributed by atoms with Gasteiger partial charge in [0, 0.05) is 12.2 Å². The number of quaternary nitrogens is 1. The fourth-order valence-electron chi connectivity index (χ4n) is 1.60. The van der Waals surface area contributed by atoms with Crippen molar-refractivity contribution in [1.29, 1.82) is 0 Å². The Morgan fingerprint density at radius 2 is 1.67 bits per heavy atom. The van der Waals surface area contributed by atoms with Crippen LogP contribution in [0.5, 0.6) is 0 Å². The molecule has 6 nitrogen and oxygen atoms in total. The summed E-state index contributed by atoms with van der Waals surface area (Å²) in [7, 11) is 0. The van der Waals surface area contributed by atoms with Crippen molar-refractivity contribution in [2.75, 3.05) is 13.3 Å². The lowest BCUT2D eigenvalue weighted by molar-refractivity contribution is -0.783. The van der Waals surface area contributed by atoms with E-state index in [9.17, 15) is 14.4 Å². The van der Waals surface area contributed by atoms with Gasteiger partial charge in [-0.05, 0) is 6.08 Å². The maximum Gasteiger partial charge on any atom is 0.348 e. The van der Waals surface area contributed by atoms with Gasteiger partial charge in [-0.1, -0.05) is 19.7 Å². The number of nitrogens with zero attached hydrogens (tertiary/aromatic N) is 3. The zero-order valence-corrected chi connectivity index (χ0v) is 9.91. The van der Waals surface area contributed by atoms with Gasteiger partial charge in [0.05, 0.1) is 0 Å². The minimum absolute atomic E-state index is 0.0728. The molecule has 0 fully saturated rings. The zero-order valence-electron chi connectivity index (χ0n) is 9.91. The van der Waals surface area contributed by atoms with Gasteiger partial charge in [-0.25, -0.2) is 19.5 Å². The Balaban J connectivity index is 3.18. The van der Waals surface area contributed by atoms with Crippen molar-refractivity contribution in [3.63, 3.8) is 0 Å². The minimum Gasteiger partial charge on any atom is -0.269 e. The number of imide groups is 1. The molecule has 0 spiro atoms. The van der Waals surface area contributed by atoms with Crippen molar-refractivity contribution in [2.24, 2.45) is 4.99 Å². The van der Waals surface area contributed by atoms with Gasteiger partial charge in [0.2, 0.25) is 0 Å². The molecule has 1 heterocycles. The Bertz CT molecular complexity index is 445. The highest BCUT2D eigenvalue weighted by atomic mass is 16.2. The van der Waals surface area contributed by atoms with Gasteiger partial charge >= 0.3 is 11.8 Å². The molecule has 1 aliphatic rings. The summed E-state index contributed by atoms with van der Waals surface area (Å²) in [6, 6.07) is 0. The summed E-state index contributed by atoms with van der Waals surface area (Å²) >= 11 is 0. The van der Waals surface area contributed by atoms with Gasteiger partial charge in [-0.3, -0.25) is 4.79 Å². The van der Waals surface area contributed by atoms with Crippen LogP contribution in [-0.4, -0.2) is 46.8 Å². The van der Waals surface area contributed by atoms with Gasteiger partial charge < -0.3 is 0 Å². The Labute approximate surface area is 105 Å². The van der Waals surface area contributed by atoms with Crippen molar-refractivity contribution in [2.45, 2.75) is 0 Å². The first-order valence-corrected chi connectivity index (χ1v) is 5.16. The molecule has 0 saturated heterocycles. The molecule has 0 atom stereocenters. The van der Waals surface area contributed by atoms with Crippen LogP contribution in [0.4, 0.5) is 0 Å². The van der Waals surface area contributed by atoms with Gasteiger partial charge in [0.1, 0.15) is 6.34 Å². The summed E-state index contributed by atoms with van der Waals surface area (Å²) in [5.74, 6) is -1.49. The second kappa shape index (κ2) is 5.33. The standard InChI is InChI=1S/C12H14N3O3/c1-4-10(16)14-7-13-8-15(9-14,11(17)5-2)12(18)6-3/h4-7H,1-3,8-9H2/q+1. The number of carbonyl (C=O) groups is 3. The molecule has 0 aromatic rings. The summed E-state index contributed by atoms with van der Waals surface area (Å²) in [6.07, 6.45) is 4.45. The van der Waals surface area contributed by atoms with Crippen LogP contribution in [0.3, 0.4) is 0 Å². The fourth-order valence-corrected chi connectivity index (χ4v) is 1.60. The van der Waals surface area contributed by atoms with E-state index in [1.807, 2.05) is 0 Å². The molecule has 1 aliphatic heterocycles. The quantitative estimate of drug-likeness (QED) is 0.529. The molecule has 0 aromatic carbocycles. The van der Waals surface area contributed by atoms with E-state index in [2.05, 4.69) is 24.7 Å². The minimum atomic E-state index is -0.650. The normalized spacial score (nSPS) is 16.8. The number of hydrogen-bond donors (Lipinski definition) is 0. The molecule has 0 radical (unpaired) electrons. The van der Waals surface area contributed by atoms with Crippen LogP contribution in [0.2, 0.25) is 0 Å². The van der Waals surface area contributed by atoms with Crippen LogP contribution in [0, 0.1) is 0 Å². The summed E-state index contributed by atoms with van der Waals surface area (Å²) in [5.41, 5.74) is 0. The molecular weight excluding hydrogens is 234 g/mol. The van der Waals surface area contributed by atoms with Crippen molar-refractivity contribution in [3.05, 3.63) is 38.0 Å². The van der Waals surface area contributed by atoms with Crippen molar-refractivity contribution in [1.82, 2.24) is 4.90 Å². The topological polar surface area (TPSA) is 66.8 Å². The number of hydrogen-bond acceptors (Lipinski definition) is 4. The van der Waals surface area contributed by atoms with Crippen LogP contribution in [-0.2, 0) is 14.4 Å². The molecule has 94 valence electrons. The van der Waals surface area contributed by atoms with Crippen molar-refractivity contribution < 1.29 is 18.9 Å². The van der Waals surface area contributed by atoms with Crippen LogP contribution < -0.4 is 0 Å². The second-order valence-electron chi connectivity index (χ2n) is 3.65. The van der Waals surface area contributed by atoms with Crippen LogP contribution in [0.15, 0.2) is 43.0 Å². The molecule has 0 bridgehead atoms. The van der Waals surface area contributed by atoms with Gasteiger partial charge in [0.25, 0.3) is 5.91 Å². The molecule has 1 rings (SSSR count). The van der Waals surface area contributed by atoms with Gasteiger partial charge in [0.15, 0.2) is 13.3 Å². The first kappa shape index (κ1) is 13.7. The number of carbonyl (C=O) groups excluding carboxylic acids is 3. The lowest BCUT2D eigenvalue weighted by Gasteiger charge is -2.35. The lowest BCUT2D eigenvalue weighted by atomic mass is 10.3. The molecule has 0 saturated carbocycles. The smallest absolute Gasteiger partial charge is 0.269 e. The van der Waals surface area contributed by atoms with E-state index in [-0.39, 0.29) is 13.3 Å². The first-order valence-electron chi connectivity index (χ1n) is 5.16. The predicted molar refractivity (Wildman–Crippen MR) is 65.9 cm³/mol. The van der Waals surface area contributed by atoms with Crippen LogP contribution in [0.25, 0.3) is 0 Å². The Kier molecular flexibility index (Phi) is 4.06. The van der Waals surface area contributed by atoms with Crippen molar-refractivity contribution >= 4 is 24.1 Å². The summed E-state index contributed by atoms with van der Waals surface area (Å²) < 4.78 is -0.650. The van der Waals surface area contributed by atoms with E-state index in [0.717, 1.165) is 23.1 Å². The van der Waals surface area contributed by atoms with Gasteiger partial charge in [-0.2, -0.15) is 4.48 Å². The maximum atomic E-state index is 11.9. The highest BCUT2D eigenvalue weighted by molar-refractivity contribution is 5.98. The molecular formula is C12H14N3O3+. The molecule has 18 heavy (non-hydrogen) atoms. The third-order valence-electron chi connectivity index (χ3n) is 2.59. The lowest BCUT2D eigenvalue weighted by Crippen LogP contribution is -2.63. The molecule has 0 unspecified atom stereocenters. The SMILES string of the molecule is C=CC(=O)N1C=NC[N+](C(=O)C=C)(C(=O)C=C)C1. The van der Waals surface area contributed by atoms with E-state index < -0.39 is 22.2 Å². The van der Waals surface area contributed by atoms with Gasteiger partial charge in [-0.15, -0.1) is 0 Å². The second-order valence-corrected chi connectivity index (χ2v) is 3.65. The highest BCUT2D eigenvalue weighted by Crippen LogP contribution is 2.16. The average Bonchev–Trinajstić information content (AvgIpc) is 2.44. The summed E-state index contributed by atoms with van der Waals surface area (Å²) in [6.45, 7) is 9.86. The zero-order chi connectivity index (χ0) is 13.8. The maximum absolute atomic E-state index is 11.9. The van der Waals surface area contributed by atoms with Crippen LogP contribution >= 0.6 is 0 Å². The fraction of sp³-hybridized carbons (Fsp3) is 0.167. The largest absolute Gasteiger partial charge is 0.348 e. The van der Waals surface area contributed by atoms with E-state index in [1.165, 1.54) is 6.34 Å². The highest BCUT2D eigenvalue weighted by Gasteiger charge is 2.45. The molecule has 0 N–H and O–H groups in total. The van der Waals surface area contributed by atoms with E-state index in [0.29, 0.717) is 0 Å². The number of aliphatic imine (C=N–C) groups is 1. The molecule has 0 aliphatic carbocycles. The average molecular weight is 248 g/mol. The first-order chi connectivity index (χ1) is 8.51. The van der Waals surface area contributed by atoms with Crippen molar-refractivity contribution in [3.8, 4) is 0 Å².